The summed E-state index contributed by atoms with van der Waals surface area (Å²) in [6.45, 7) is 5.52. The fraction of sp³-hybridized carbons (Fsp3) is 0.250. The van der Waals surface area contributed by atoms with Crippen molar-refractivity contribution in [1.82, 2.24) is 5.43 Å². The minimum absolute atomic E-state index is 0.0990. The van der Waals surface area contributed by atoms with Gasteiger partial charge in [0.25, 0.3) is 5.91 Å². The number of nitrogens with one attached hydrogen (secondary N) is 1. The van der Waals surface area contributed by atoms with Gasteiger partial charge in [0, 0.05) is 4.47 Å². The third-order valence-electron chi connectivity index (χ3n) is 3.00. The Morgan fingerprint density at radius 1 is 1.36 bits per heavy atom. The van der Waals surface area contributed by atoms with E-state index in [2.05, 4.69) is 26.5 Å². The molecule has 0 aliphatic heterocycles. The van der Waals surface area contributed by atoms with Crippen LogP contribution in [0.15, 0.2) is 44.5 Å². The first-order valence-electron chi connectivity index (χ1n) is 6.74. The fourth-order valence-electron chi connectivity index (χ4n) is 1.98. The molecule has 0 radical (unpaired) electrons. The lowest BCUT2D eigenvalue weighted by Gasteiger charge is -2.12. The van der Waals surface area contributed by atoms with Crippen molar-refractivity contribution >= 4 is 27.5 Å². The van der Waals surface area contributed by atoms with Crippen LogP contribution in [0.2, 0.25) is 0 Å². The van der Waals surface area contributed by atoms with Crippen LogP contribution in [0.4, 0.5) is 0 Å². The number of halogens is 1. The molecule has 0 saturated heterocycles. The van der Waals surface area contributed by atoms with Crippen molar-refractivity contribution < 1.29 is 13.9 Å². The normalized spacial score (nSPS) is 11.4. The minimum atomic E-state index is -0.326. The molecule has 1 amide bonds. The highest BCUT2D eigenvalue weighted by Crippen LogP contribution is 2.27. The molecule has 0 unspecified atom stereocenters. The average Bonchev–Trinajstić information content (AvgIpc) is 2.97. The Labute approximate surface area is 137 Å². The first-order valence-corrected chi connectivity index (χ1v) is 7.53. The summed E-state index contributed by atoms with van der Waals surface area (Å²) in [5.74, 6) is 0.999. The summed E-state index contributed by atoms with van der Waals surface area (Å²) >= 11 is 3.43. The van der Waals surface area contributed by atoms with Gasteiger partial charge in [-0.1, -0.05) is 15.9 Å². The Bertz CT molecular complexity index is 670. The number of hydrazone groups is 1. The number of amides is 1. The van der Waals surface area contributed by atoms with E-state index in [9.17, 15) is 4.79 Å². The van der Waals surface area contributed by atoms with Crippen molar-refractivity contribution in [2.75, 3.05) is 6.61 Å². The number of rotatable bonds is 5. The number of furan rings is 1. The second kappa shape index (κ2) is 7.26. The second-order valence-corrected chi connectivity index (χ2v) is 5.78. The van der Waals surface area contributed by atoms with Crippen molar-refractivity contribution in [1.29, 1.82) is 0 Å². The molecule has 1 heterocycles. The van der Waals surface area contributed by atoms with Gasteiger partial charge < -0.3 is 9.15 Å². The third-order valence-corrected chi connectivity index (χ3v) is 3.46. The fourth-order valence-corrected chi connectivity index (χ4v) is 2.67. The predicted octanol–water partition coefficient (Wildman–Crippen LogP) is 3.58. The SMILES string of the molecule is C/C(=N/NC(=O)COc1c(C)cc(Br)cc1C)c1ccco1. The Morgan fingerprint density at radius 3 is 2.64 bits per heavy atom. The molecule has 0 saturated carbocycles. The molecule has 0 aliphatic carbocycles. The van der Waals surface area contributed by atoms with Crippen LogP contribution in [0.25, 0.3) is 0 Å². The molecule has 1 N–H and O–H groups in total. The van der Waals surface area contributed by atoms with Crippen LogP contribution in [-0.4, -0.2) is 18.2 Å². The van der Waals surface area contributed by atoms with E-state index in [4.69, 9.17) is 9.15 Å². The van der Waals surface area contributed by atoms with Crippen LogP contribution in [0, 0.1) is 13.8 Å². The quantitative estimate of drug-likeness (QED) is 0.651. The lowest BCUT2D eigenvalue weighted by atomic mass is 10.1. The van der Waals surface area contributed by atoms with Gasteiger partial charge in [0.2, 0.25) is 0 Å². The summed E-state index contributed by atoms with van der Waals surface area (Å²) in [5.41, 5.74) is 4.97. The number of carbonyl (C=O) groups excluding carboxylic acids is 1. The van der Waals surface area contributed by atoms with Gasteiger partial charge in [0.1, 0.15) is 17.2 Å². The summed E-state index contributed by atoms with van der Waals surface area (Å²) in [5, 5.41) is 3.97. The molecule has 2 rings (SSSR count). The van der Waals surface area contributed by atoms with E-state index in [1.54, 1.807) is 25.3 Å². The van der Waals surface area contributed by atoms with E-state index in [0.29, 0.717) is 17.2 Å². The Hall–Kier alpha value is -2.08. The van der Waals surface area contributed by atoms with Crippen molar-refractivity contribution in [3.63, 3.8) is 0 Å². The highest BCUT2D eigenvalue weighted by Gasteiger charge is 2.09. The maximum absolute atomic E-state index is 11.8. The van der Waals surface area contributed by atoms with Crippen LogP contribution in [0.3, 0.4) is 0 Å². The minimum Gasteiger partial charge on any atom is -0.483 e. The topological polar surface area (TPSA) is 63.8 Å². The van der Waals surface area contributed by atoms with Crippen LogP contribution >= 0.6 is 15.9 Å². The second-order valence-electron chi connectivity index (χ2n) is 4.87. The molecule has 5 nitrogen and oxygen atoms in total. The monoisotopic (exact) mass is 364 g/mol. The van der Waals surface area contributed by atoms with E-state index in [1.807, 2.05) is 26.0 Å². The highest BCUT2D eigenvalue weighted by molar-refractivity contribution is 9.10. The summed E-state index contributed by atoms with van der Waals surface area (Å²) in [7, 11) is 0. The molecule has 2 aromatic rings. The molecule has 0 bridgehead atoms. The maximum atomic E-state index is 11.8. The number of hydrogen-bond acceptors (Lipinski definition) is 4. The van der Waals surface area contributed by atoms with Crippen LogP contribution in [0.5, 0.6) is 5.75 Å². The summed E-state index contributed by atoms with van der Waals surface area (Å²) < 4.78 is 11.7. The Balaban J connectivity index is 1.92. The molecule has 1 aromatic heterocycles. The smallest absolute Gasteiger partial charge is 0.277 e. The number of carbonyl (C=O) groups is 1. The van der Waals surface area contributed by atoms with Gasteiger partial charge in [-0.25, -0.2) is 5.43 Å². The summed E-state index contributed by atoms with van der Waals surface area (Å²) in [6, 6.07) is 7.42. The zero-order chi connectivity index (χ0) is 16.1. The van der Waals surface area contributed by atoms with Gasteiger partial charge in [0.15, 0.2) is 6.61 Å². The van der Waals surface area contributed by atoms with Gasteiger partial charge >= 0.3 is 0 Å². The number of benzene rings is 1. The van der Waals surface area contributed by atoms with Crippen molar-refractivity contribution in [2.24, 2.45) is 5.10 Å². The van der Waals surface area contributed by atoms with Crippen LogP contribution in [-0.2, 0) is 4.79 Å². The van der Waals surface area contributed by atoms with Gasteiger partial charge in [-0.2, -0.15) is 5.10 Å². The molecule has 0 atom stereocenters. The predicted molar refractivity (Wildman–Crippen MR) is 88.2 cm³/mol. The first-order chi connectivity index (χ1) is 10.5. The molecule has 22 heavy (non-hydrogen) atoms. The maximum Gasteiger partial charge on any atom is 0.277 e. The summed E-state index contributed by atoms with van der Waals surface area (Å²) in [4.78, 5) is 11.8. The van der Waals surface area contributed by atoms with Crippen LogP contribution < -0.4 is 10.2 Å². The van der Waals surface area contributed by atoms with Crippen molar-refractivity contribution in [2.45, 2.75) is 20.8 Å². The van der Waals surface area contributed by atoms with Gasteiger partial charge in [-0.05, 0) is 56.2 Å². The lowest BCUT2D eigenvalue weighted by molar-refractivity contribution is -0.123. The van der Waals surface area contributed by atoms with E-state index in [0.717, 1.165) is 15.6 Å². The molecule has 0 fully saturated rings. The number of aryl methyl sites for hydroxylation is 2. The van der Waals surface area contributed by atoms with E-state index in [1.165, 1.54) is 0 Å². The molecule has 0 aliphatic rings. The average molecular weight is 365 g/mol. The Kier molecular flexibility index (Phi) is 5.38. The molecular weight excluding hydrogens is 348 g/mol. The largest absolute Gasteiger partial charge is 0.483 e. The van der Waals surface area contributed by atoms with Gasteiger partial charge in [-0.15, -0.1) is 0 Å². The highest BCUT2D eigenvalue weighted by atomic mass is 79.9. The van der Waals surface area contributed by atoms with Gasteiger partial charge in [0.05, 0.1) is 6.26 Å². The van der Waals surface area contributed by atoms with E-state index in [-0.39, 0.29) is 12.5 Å². The number of hydrogen-bond donors (Lipinski definition) is 1. The number of ether oxygens (including phenoxy) is 1. The zero-order valence-electron chi connectivity index (χ0n) is 12.6. The summed E-state index contributed by atoms with van der Waals surface area (Å²) in [6.07, 6.45) is 1.55. The van der Waals surface area contributed by atoms with Crippen LogP contribution in [0.1, 0.15) is 23.8 Å². The molecule has 6 heteroatoms. The standard InChI is InChI=1S/C16H17BrN2O3/c1-10-7-13(17)8-11(2)16(10)22-9-15(20)19-18-12(3)14-5-4-6-21-14/h4-8H,9H2,1-3H3,(H,19,20)/b18-12-. The lowest BCUT2D eigenvalue weighted by Crippen LogP contribution is -2.25. The number of nitrogens with zero attached hydrogens (tertiary/aromatic N) is 1. The molecule has 1 aromatic carbocycles. The third kappa shape index (κ3) is 4.21. The molecule has 0 spiro atoms. The molecular formula is C16H17BrN2O3. The van der Waals surface area contributed by atoms with Gasteiger partial charge in [-0.3, -0.25) is 4.79 Å². The zero-order valence-corrected chi connectivity index (χ0v) is 14.2. The van der Waals surface area contributed by atoms with Crippen molar-refractivity contribution in [3.8, 4) is 5.75 Å². The van der Waals surface area contributed by atoms with E-state index >= 15 is 0 Å². The molecule has 116 valence electrons. The Morgan fingerprint density at radius 2 is 2.05 bits per heavy atom. The van der Waals surface area contributed by atoms with Crippen molar-refractivity contribution in [3.05, 3.63) is 51.9 Å². The van der Waals surface area contributed by atoms with E-state index < -0.39 is 0 Å². The first kappa shape index (κ1) is 16.3.